The third-order valence-corrected chi connectivity index (χ3v) is 6.04. The maximum Gasteiger partial charge on any atom is 0.307 e. The van der Waals surface area contributed by atoms with Gasteiger partial charge in [0.15, 0.2) is 0 Å². The second kappa shape index (κ2) is 24.3. The zero-order chi connectivity index (χ0) is 23.7. The first kappa shape index (κ1) is 30.7. The Hall–Kier alpha value is -1.32. The first-order valence-corrected chi connectivity index (χ1v) is 13.6. The Labute approximate surface area is 198 Å². The summed E-state index contributed by atoms with van der Waals surface area (Å²) in [6.45, 7) is 4.57. The molecule has 4 nitrogen and oxygen atoms in total. The molecule has 0 amide bonds. The number of ether oxygens (including phenoxy) is 1. The molecule has 0 saturated heterocycles. The Morgan fingerprint density at radius 2 is 1.16 bits per heavy atom. The zero-order valence-corrected chi connectivity index (χ0v) is 21.3. The molecule has 0 aliphatic heterocycles. The fourth-order valence-electron chi connectivity index (χ4n) is 3.96. The lowest BCUT2D eigenvalue weighted by molar-refractivity contribution is -0.151. The second-order valence-electron chi connectivity index (χ2n) is 9.25. The van der Waals surface area contributed by atoms with Crippen LogP contribution in [-0.4, -0.2) is 23.7 Å². The van der Waals surface area contributed by atoms with Crippen molar-refractivity contribution in [1.29, 1.82) is 0 Å². The number of allylic oxidation sites excluding steroid dienone is 2. The van der Waals surface area contributed by atoms with E-state index in [1.54, 1.807) is 0 Å². The number of carboxylic acids is 1. The fourth-order valence-corrected chi connectivity index (χ4v) is 3.96. The van der Waals surface area contributed by atoms with E-state index in [2.05, 4.69) is 19.1 Å². The first-order chi connectivity index (χ1) is 15.6. The van der Waals surface area contributed by atoms with Crippen molar-refractivity contribution in [2.75, 3.05) is 6.61 Å². The van der Waals surface area contributed by atoms with Crippen LogP contribution in [0.3, 0.4) is 0 Å². The highest BCUT2D eigenvalue weighted by atomic mass is 16.5. The van der Waals surface area contributed by atoms with Crippen LogP contribution in [0.5, 0.6) is 0 Å². The molecule has 32 heavy (non-hydrogen) atoms. The number of carboxylic acid groups (broad SMARTS) is 1. The Balaban J connectivity index is 3.42. The molecule has 0 aliphatic rings. The molecular weight excluding hydrogens is 400 g/mol. The topological polar surface area (TPSA) is 63.6 Å². The van der Waals surface area contributed by atoms with Gasteiger partial charge in [0.2, 0.25) is 0 Å². The van der Waals surface area contributed by atoms with Crippen molar-refractivity contribution in [3.63, 3.8) is 0 Å². The van der Waals surface area contributed by atoms with Crippen LogP contribution < -0.4 is 0 Å². The molecule has 0 radical (unpaired) electrons. The van der Waals surface area contributed by atoms with Gasteiger partial charge in [-0.15, -0.1) is 0 Å². The van der Waals surface area contributed by atoms with Gasteiger partial charge in [-0.25, -0.2) is 0 Å². The number of rotatable bonds is 24. The summed E-state index contributed by atoms with van der Waals surface area (Å²) in [5, 5.41) is 9.29. The van der Waals surface area contributed by atoms with E-state index in [-0.39, 0.29) is 12.4 Å². The van der Waals surface area contributed by atoms with Gasteiger partial charge in [-0.05, 0) is 38.5 Å². The standard InChI is InChI=1S/C28H52O4/c1-3-5-6-7-8-9-10-11-12-13-14-15-16-17-18-19-20-21-22-23-26(28(30)31)25-27(29)32-24-4-2/h10-11,26H,3-9,12-25H2,1-2H3,(H,30,31)/b11-10+. The van der Waals surface area contributed by atoms with Gasteiger partial charge in [0, 0.05) is 0 Å². The average Bonchev–Trinajstić information content (AvgIpc) is 2.78. The fraction of sp³-hybridized carbons (Fsp3) is 0.857. The number of hydrogen-bond acceptors (Lipinski definition) is 3. The van der Waals surface area contributed by atoms with E-state index in [1.807, 2.05) is 6.92 Å². The molecule has 0 rings (SSSR count). The summed E-state index contributed by atoms with van der Waals surface area (Å²) >= 11 is 0. The maximum absolute atomic E-state index is 11.6. The number of aliphatic carboxylic acids is 1. The van der Waals surface area contributed by atoms with E-state index in [4.69, 9.17) is 4.74 Å². The zero-order valence-electron chi connectivity index (χ0n) is 21.3. The molecule has 0 bridgehead atoms. The first-order valence-electron chi connectivity index (χ1n) is 13.6. The summed E-state index contributed by atoms with van der Waals surface area (Å²) in [6.07, 6.45) is 27.7. The molecule has 0 aromatic heterocycles. The third kappa shape index (κ3) is 21.9. The van der Waals surface area contributed by atoms with Gasteiger partial charge in [-0.2, -0.15) is 0 Å². The lowest BCUT2D eigenvalue weighted by Gasteiger charge is -2.11. The van der Waals surface area contributed by atoms with Crippen molar-refractivity contribution >= 4 is 11.9 Å². The highest BCUT2D eigenvalue weighted by Crippen LogP contribution is 2.17. The van der Waals surface area contributed by atoms with Crippen molar-refractivity contribution in [1.82, 2.24) is 0 Å². The monoisotopic (exact) mass is 452 g/mol. The van der Waals surface area contributed by atoms with Crippen molar-refractivity contribution in [3.8, 4) is 0 Å². The molecule has 1 atom stereocenters. The maximum atomic E-state index is 11.6. The highest BCUT2D eigenvalue weighted by Gasteiger charge is 2.21. The van der Waals surface area contributed by atoms with Crippen LogP contribution in [0.2, 0.25) is 0 Å². The normalized spacial score (nSPS) is 12.3. The lowest BCUT2D eigenvalue weighted by atomic mass is 9.97. The number of hydrogen-bond donors (Lipinski definition) is 1. The van der Waals surface area contributed by atoms with Crippen LogP contribution in [0.15, 0.2) is 12.2 Å². The lowest BCUT2D eigenvalue weighted by Crippen LogP contribution is -2.19. The molecular formula is C28H52O4. The molecule has 0 saturated carbocycles. The van der Waals surface area contributed by atoms with Crippen molar-refractivity contribution in [2.24, 2.45) is 5.92 Å². The molecule has 0 aromatic carbocycles. The molecule has 188 valence electrons. The van der Waals surface area contributed by atoms with Crippen molar-refractivity contribution in [3.05, 3.63) is 12.2 Å². The van der Waals surface area contributed by atoms with Crippen LogP contribution >= 0.6 is 0 Å². The quantitative estimate of drug-likeness (QED) is 0.0904. The van der Waals surface area contributed by atoms with Crippen LogP contribution in [0.4, 0.5) is 0 Å². The van der Waals surface area contributed by atoms with Gasteiger partial charge in [0.05, 0.1) is 18.9 Å². The largest absolute Gasteiger partial charge is 0.481 e. The summed E-state index contributed by atoms with van der Waals surface area (Å²) in [5.74, 6) is -1.86. The predicted molar refractivity (Wildman–Crippen MR) is 135 cm³/mol. The number of esters is 1. The predicted octanol–water partition coefficient (Wildman–Crippen LogP) is 8.63. The number of carbonyl (C=O) groups excluding carboxylic acids is 1. The molecule has 0 aliphatic carbocycles. The number of unbranched alkanes of at least 4 members (excludes halogenated alkanes) is 15. The minimum Gasteiger partial charge on any atom is -0.481 e. The third-order valence-electron chi connectivity index (χ3n) is 6.04. The smallest absolute Gasteiger partial charge is 0.307 e. The Morgan fingerprint density at radius 3 is 1.62 bits per heavy atom. The molecule has 0 fully saturated rings. The van der Waals surface area contributed by atoms with E-state index < -0.39 is 11.9 Å². The molecule has 1 N–H and O–H groups in total. The summed E-state index contributed by atoms with van der Waals surface area (Å²) in [4.78, 5) is 22.9. The SMILES string of the molecule is CCCCCCC/C=C/CCCCCCCCCCCCC(CC(=O)OCCC)C(=O)O. The van der Waals surface area contributed by atoms with Crippen LogP contribution in [0, 0.1) is 5.92 Å². The average molecular weight is 453 g/mol. The minimum atomic E-state index is -0.878. The highest BCUT2D eigenvalue weighted by molar-refractivity contribution is 5.78. The van der Waals surface area contributed by atoms with Gasteiger partial charge in [0.25, 0.3) is 0 Å². The van der Waals surface area contributed by atoms with Gasteiger partial charge in [-0.3, -0.25) is 9.59 Å². The van der Waals surface area contributed by atoms with Crippen molar-refractivity contribution < 1.29 is 19.4 Å². The minimum absolute atomic E-state index is 0.00414. The van der Waals surface area contributed by atoms with E-state index in [1.165, 1.54) is 89.9 Å². The van der Waals surface area contributed by atoms with Gasteiger partial charge in [-0.1, -0.05) is 109 Å². The Bertz CT molecular complexity index is 458. The molecule has 1 unspecified atom stereocenters. The van der Waals surface area contributed by atoms with E-state index >= 15 is 0 Å². The van der Waals surface area contributed by atoms with Gasteiger partial charge in [0.1, 0.15) is 0 Å². The summed E-state index contributed by atoms with van der Waals surface area (Å²) in [6, 6.07) is 0. The molecule has 0 aromatic rings. The van der Waals surface area contributed by atoms with E-state index in [9.17, 15) is 14.7 Å². The van der Waals surface area contributed by atoms with Crippen LogP contribution in [0.25, 0.3) is 0 Å². The van der Waals surface area contributed by atoms with E-state index in [0.29, 0.717) is 13.0 Å². The van der Waals surface area contributed by atoms with Gasteiger partial charge >= 0.3 is 11.9 Å². The molecule has 0 spiro atoms. The van der Waals surface area contributed by atoms with E-state index in [0.717, 1.165) is 25.7 Å². The van der Waals surface area contributed by atoms with Gasteiger partial charge < -0.3 is 9.84 Å². The molecule has 0 heterocycles. The van der Waals surface area contributed by atoms with Crippen LogP contribution in [-0.2, 0) is 14.3 Å². The summed E-state index contributed by atoms with van der Waals surface area (Å²) < 4.78 is 5.01. The summed E-state index contributed by atoms with van der Waals surface area (Å²) in [7, 11) is 0. The second-order valence-corrected chi connectivity index (χ2v) is 9.25. The molecule has 4 heteroatoms. The van der Waals surface area contributed by atoms with Crippen molar-refractivity contribution in [2.45, 2.75) is 142 Å². The number of carbonyl (C=O) groups is 2. The Kier molecular flexibility index (Phi) is 23.3. The van der Waals surface area contributed by atoms with Crippen LogP contribution in [0.1, 0.15) is 142 Å². The summed E-state index contributed by atoms with van der Waals surface area (Å²) in [5.41, 5.74) is 0. The Morgan fingerprint density at radius 1 is 0.688 bits per heavy atom.